The van der Waals surface area contributed by atoms with E-state index >= 15 is 0 Å². The molecule has 280 valence electrons. The van der Waals surface area contributed by atoms with Gasteiger partial charge in [0.05, 0.1) is 18.8 Å². The second kappa shape index (κ2) is 25.2. The first-order valence-electron chi connectivity index (χ1n) is 19.8. The topological polar surface area (TPSA) is 100 Å². The van der Waals surface area contributed by atoms with Crippen molar-refractivity contribution in [3.63, 3.8) is 0 Å². The van der Waals surface area contributed by atoms with Crippen molar-refractivity contribution >= 4 is 17.5 Å². The molecule has 0 saturated carbocycles. The van der Waals surface area contributed by atoms with Crippen LogP contribution in [0.25, 0.3) is 0 Å². The smallest absolute Gasteiger partial charge is 0.224 e. The van der Waals surface area contributed by atoms with Crippen molar-refractivity contribution < 1.29 is 24.2 Å². The molecule has 0 unspecified atom stereocenters. The Labute approximate surface area is 303 Å². The lowest BCUT2D eigenvalue weighted by Crippen LogP contribution is -2.40. The van der Waals surface area contributed by atoms with Crippen LogP contribution in [0.5, 0.6) is 0 Å². The normalized spacial score (nSPS) is 17.6. The lowest BCUT2D eigenvalue weighted by atomic mass is 9.99. The highest BCUT2D eigenvalue weighted by Crippen LogP contribution is 2.38. The van der Waals surface area contributed by atoms with Crippen molar-refractivity contribution in [2.45, 2.75) is 155 Å². The summed E-state index contributed by atoms with van der Waals surface area (Å²) in [5.74, 6) is -0.0309. The Hall–Kier alpha value is -2.78. The molecule has 1 fully saturated rings. The summed E-state index contributed by atoms with van der Waals surface area (Å²) < 4.78 is 13.3. The second-order valence-electron chi connectivity index (χ2n) is 14.2. The number of carbonyl (C=O) groups is 2. The van der Waals surface area contributed by atoms with Crippen LogP contribution in [-0.2, 0) is 25.7 Å². The molecule has 0 bridgehead atoms. The van der Waals surface area contributed by atoms with E-state index in [1.807, 2.05) is 36.4 Å². The van der Waals surface area contributed by atoms with Gasteiger partial charge < -0.3 is 30.1 Å². The first-order valence-corrected chi connectivity index (χ1v) is 19.8. The fraction of sp³-hybridized carbons (Fsp3) is 0.667. The minimum absolute atomic E-state index is 0.00952. The molecule has 0 aliphatic carbocycles. The number of hydrogen-bond donors (Lipinski definition) is 3. The van der Waals surface area contributed by atoms with Gasteiger partial charge in [0, 0.05) is 44.1 Å². The Kier molecular flexibility index (Phi) is 21.0. The molecule has 3 atom stereocenters. The zero-order valence-corrected chi connectivity index (χ0v) is 31.4. The van der Waals surface area contributed by atoms with Gasteiger partial charge in [-0.1, -0.05) is 121 Å². The number of aliphatic hydroxyl groups excluding tert-OH is 1. The molecule has 8 heteroatoms. The number of carbonyl (C=O) groups excluding carboxylic acids is 2. The number of rotatable bonds is 26. The minimum Gasteiger partial charge on any atom is -0.392 e. The van der Waals surface area contributed by atoms with E-state index in [9.17, 15) is 14.7 Å². The van der Waals surface area contributed by atoms with Crippen LogP contribution in [0.15, 0.2) is 48.5 Å². The number of amides is 2. The Morgan fingerprint density at radius 2 is 1.32 bits per heavy atom. The summed E-state index contributed by atoms with van der Waals surface area (Å²) in [6.07, 6.45) is 18.7. The highest BCUT2D eigenvalue weighted by atomic mass is 16.7. The molecular formula is C42H67N3O5. The number of aliphatic hydroxyl groups is 1. The third-order valence-corrected chi connectivity index (χ3v) is 9.65. The first-order chi connectivity index (χ1) is 24.4. The van der Waals surface area contributed by atoms with Gasteiger partial charge in [-0.15, -0.1) is 0 Å². The SMILES string of the molecule is CCCCCCCCN(CCCCCCCC)C[C@H]1C[C@@H](c2ccc(CO)cc2)O[C@@H](c2ccc(NC(=O)CCCCCNC(C)=O)cc2)O1. The molecule has 1 aliphatic heterocycles. The van der Waals surface area contributed by atoms with Crippen LogP contribution >= 0.6 is 0 Å². The van der Waals surface area contributed by atoms with E-state index in [1.165, 1.54) is 84.0 Å². The lowest BCUT2D eigenvalue weighted by molar-refractivity contribution is -0.253. The molecule has 3 rings (SSSR count). The van der Waals surface area contributed by atoms with Crippen LogP contribution in [0.4, 0.5) is 5.69 Å². The molecule has 2 amide bonds. The third kappa shape index (κ3) is 17.0. The quantitative estimate of drug-likeness (QED) is 0.0850. The highest BCUT2D eigenvalue weighted by molar-refractivity contribution is 5.90. The van der Waals surface area contributed by atoms with Gasteiger partial charge in [0.1, 0.15) is 0 Å². The fourth-order valence-electron chi connectivity index (χ4n) is 6.65. The van der Waals surface area contributed by atoms with Gasteiger partial charge >= 0.3 is 0 Å². The number of nitrogens with zero attached hydrogens (tertiary/aromatic N) is 1. The number of ether oxygens (including phenoxy) is 2. The summed E-state index contributed by atoms with van der Waals surface area (Å²) in [7, 11) is 0. The molecule has 1 saturated heterocycles. The van der Waals surface area contributed by atoms with Gasteiger partial charge in [0.25, 0.3) is 0 Å². The van der Waals surface area contributed by atoms with Crippen LogP contribution in [0.2, 0.25) is 0 Å². The molecule has 1 aliphatic rings. The van der Waals surface area contributed by atoms with Gasteiger partial charge in [-0.05, 0) is 62.0 Å². The van der Waals surface area contributed by atoms with E-state index in [0.717, 1.165) is 67.7 Å². The zero-order chi connectivity index (χ0) is 35.8. The predicted molar refractivity (Wildman–Crippen MR) is 204 cm³/mol. The molecule has 8 nitrogen and oxygen atoms in total. The highest BCUT2D eigenvalue weighted by Gasteiger charge is 2.33. The van der Waals surface area contributed by atoms with Crippen LogP contribution < -0.4 is 10.6 Å². The van der Waals surface area contributed by atoms with E-state index in [2.05, 4.69) is 41.5 Å². The van der Waals surface area contributed by atoms with Gasteiger partial charge in [-0.3, -0.25) is 9.59 Å². The molecule has 1 heterocycles. The number of unbranched alkanes of at least 4 members (excludes halogenated alkanes) is 12. The maximum absolute atomic E-state index is 12.6. The molecule has 2 aromatic rings. The van der Waals surface area contributed by atoms with Crippen LogP contribution in [-0.4, -0.2) is 54.1 Å². The number of anilines is 1. The summed E-state index contributed by atoms with van der Waals surface area (Å²) in [5.41, 5.74) is 3.67. The monoisotopic (exact) mass is 694 g/mol. The van der Waals surface area contributed by atoms with Crippen LogP contribution in [0.3, 0.4) is 0 Å². The molecule has 0 spiro atoms. The molecule has 0 aromatic heterocycles. The van der Waals surface area contributed by atoms with Gasteiger partial charge in [-0.2, -0.15) is 0 Å². The number of nitrogens with one attached hydrogen (secondary N) is 2. The summed E-state index contributed by atoms with van der Waals surface area (Å²) in [4.78, 5) is 26.2. The average molecular weight is 694 g/mol. The third-order valence-electron chi connectivity index (χ3n) is 9.65. The van der Waals surface area contributed by atoms with Crippen molar-refractivity contribution in [1.82, 2.24) is 10.2 Å². The molecule has 2 aromatic carbocycles. The Balaban J connectivity index is 1.64. The number of benzene rings is 2. The Morgan fingerprint density at radius 3 is 1.92 bits per heavy atom. The van der Waals surface area contributed by atoms with E-state index < -0.39 is 6.29 Å². The molecular weight excluding hydrogens is 626 g/mol. The summed E-state index contributed by atoms with van der Waals surface area (Å²) >= 11 is 0. The minimum atomic E-state index is -0.519. The molecule has 50 heavy (non-hydrogen) atoms. The van der Waals surface area contributed by atoms with E-state index in [-0.39, 0.29) is 30.6 Å². The summed E-state index contributed by atoms with van der Waals surface area (Å²) in [6.45, 7) is 9.82. The van der Waals surface area contributed by atoms with Crippen molar-refractivity contribution in [3.05, 3.63) is 65.2 Å². The van der Waals surface area contributed by atoms with E-state index in [1.54, 1.807) is 0 Å². The second-order valence-corrected chi connectivity index (χ2v) is 14.2. The fourth-order valence-corrected chi connectivity index (χ4v) is 6.65. The van der Waals surface area contributed by atoms with Gasteiger partial charge in [0.15, 0.2) is 6.29 Å². The van der Waals surface area contributed by atoms with Crippen molar-refractivity contribution in [3.8, 4) is 0 Å². The lowest BCUT2D eigenvalue weighted by Gasteiger charge is -2.38. The standard InChI is InChI=1S/C42H67N3O5/c1-4-6-8-10-12-17-29-45(30-18-13-11-9-7-5-2)32-39-31-40(36-22-20-35(33-46)21-23-36)50-42(49-39)37-24-26-38(27-25-37)44-41(48)19-15-14-16-28-43-34(3)47/h20-27,39-40,42,46H,4-19,28-33H2,1-3H3,(H,43,47)(H,44,48)/t39-,40+,42+/m1/s1. The maximum Gasteiger partial charge on any atom is 0.224 e. The number of hydrogen-bond acceptors (Lipinski definition) is 6. The van der Waals surface area contributed by atoms with Crippen molar-refractivity contribution in [1.29, 1.82) is 0 Å². The predicted octanol–water partition coefficient (Wildman–Crippen LogP) is 9.38. The zero-order valence-electron chi connectivity index (χ0n) is 31.4. The van der Waals surface area contributed by atoms with E-state index in [0.29, 0.717) is 13.0 Å². The summed E-state index contributed by atoms with van der Waals surface area (Å²) in [6, 6.07) is 15.9. The maximum atomic E-state index is 12.6. The van der Waals surface area contributed by atoms with Crippen molar-refractivity contribution in [2.24, 2.45) is 0 Å². The molecule has 3 N–H and O–H groups in total. The largest absolute Gasteiger partial charge is 0.392 e. The van der Waals surface area contributed by atoms with E-state index in [4.69, 9.17) is 9.47 Å². The molecule has 0 radical (unpaired) electrons. The average Bonchev–Trinajstić information content (AvgIpc) is 3.12. The Morgan fingerprint density at radius 1 is 0.740 bits per heavy atom. The Bertz CT molecular complexity index is 1170. The van der Waals surface area contributed by atoms with Gasteiger partial charge in [0.2, 0.25) is 11.8 Å². The van der Waals surface area contributed by atoms with Gasteiger partial charge in [-0.25, -0.2) is 0 Å². The van der Waals surface area contributed by atoms with Crippen molar-refractivity contribution in [2.75, 3.05) is 31.5 Å². The van der Waals surface area contributed by atoms with Crippen LogP contribution in [0.1, 0.15) is 159 Å². The summed E-state index contributed by atoms with van der Waals surface area (Å²) in [5, 5.41) is 15.4. The van der Waals surface area contributed by atoms with Crippen LogP contribution in [0, 0.1) is 0 Å². The first kappa shape index (κ1) is 41.6.